The van der Waals surface area contributed by atoms with E-state index in [1.54, 1.807) is 0 Å². The zero-order chi connectivity index (χ0) is 17.0. The molecule has 2 atom stereocenters. The van der Waals surface area contributed by atoms with Gasteiger partial charge in [-0.05, 0) is 38.7 Å². The molecule has 0 aliphatic carbocycles. The summed E-state index contributed by atoms with van der Waals surface area (Å²) in [5.41, 5.74) is 1.89. The molecule has 0 radical (unpaired) electrons. The molecule has 0 saturated carbocycles. The Morgan fingerprint density at radius 1 is 1.39 bits per heavy atom. The van der Waals surface area contributed by atoms with Crippen LogP contribution in [0, 0.1) is 25.7 Å². The first-order chi connectivity index (χ1) is 10.9. The van der Waals surface area contributed by atoms with Crippen LogP contribution in [0.4, 0.5) is 5.95 Å². The predicted octanol–water partition coefficient (Wildman–Crippen LogP) is 1.44. The molecule has 1 aromatic heterocycles. The van der Waals surface area contributed by atoms with Gasteiger partial charge in [0.1, 0.15) is 0 Å². The van der Waals surface area contributed by atoms with Crippen molar-refractivity contribution >= 4 is 11.9 Å². The molecule has 6 nitrogen and oxygen atoms in total. The summed E-state index contributed by atoms with van der Waals surface area (Å²) in [5.74, 6) is 0.863. The third-order valence-corrected chi connectivity index (χ3v) is 4.37. The van der Waals surface area contributed by atoms with Crippen molar-refractivity contribution in [3.8, 4) is 0 Å². The van der Waals surface area contributed by atoms with E-state index in [-0.39, 0.29) is 30.4 Å². The van der Waals surface area contributed by atoms with Crippen LogP contribution in [0.3, 0.4) is 0 Å². The lowest BCUT2D eigenvalue weighted by Gasteiger charge is -2.33. The number of nitrogens with zero attached hydrogens (tertiary/aromatic N) is 3. The molecular formula is C17H28N4O2. The number of hydrogen-bond acceptors (Lipinski definition) is 5. The first kappa shape index (κ1) is 17.7. The molecule has 1 saturated heterocycles. The minimum atomic E-state index is -0.185. The quantitative estimate of drug-likeness (QED) is 0.858. The first-order valence-electron chi connectivity index (χ1n) is 8.39. The summed E-state index contributed by atoms with van der Waals surface area (Å²) in [6.45, 7) is 9.39. The fraction of sp³-hybridized carbons (Fsp3) is 0.706. The third kappa shape index (κ3) is 4.64. The molecule has 6 heteroatoms. The highest BCUT2D eigenvalue weighted by Gasteiger charge is 2.29. The number of hydrogen-bond donors (Lipinski definition) is 2. The zero-order valence-corrected chi connectivity index (χ0v) is 14.5. The van der Waals surface area contributed by atoms with Crippen molar-refractivity contribution < 1.29 is 9.90 Å². The topological polar surface area (TPSA) is 78.4 Å². The number of aromatic nitrogens is 2. The molecule has 1 aromatic rings. The van der Waals surface area contributed by atoms with Crippen LogP contribution in [-0.4, -0.2) is 46.7 Å². The number of nitrogens with one attached hydrogen (secondary N) is 1. The van der Waals surface area contributed by atoms with Crippen molar-refractivity contribution in [3.63, 3.8) is 0 Å². The SMILES string of the molecule is Cc1cc(C)nc(N2CCCC(C(=O)N[C@H](CO)C(C)C)C2)n1. The van der Waals surface area contributed by atoms with Gasteiger partial charge in [-0.25, -0.2) is 9.97 Å². The van der Waals surface area contributed by atoms with Gasteiger partial charge in [0, 0.05) is 24.5 Å². The van der Waals surface area contributed by atoms with E-state index in [9.17, 15) is 9.90 Å². The fourth-order valence-corrected chi connectivity index (χ4v) is 2.95. The molecular weight excluding hydrogens is 292 g/mol. The van der Waals surface area contributed by atoms with E-state index < -0.39 is 0 Å². The van der Waals surface area contributed by atoms with Crippen molar-refractivity contribution in [2.24, 2.45) is 11.8 Å². The number of carbonyl (C=O) groups excluding carboxylic acids is 1. The van der Waals surface area contributed by atoms with E-state index in [2.05, 4.69) is 20.2 Å². The highest BCUT2D eigenvalue weighted by atomic mass is 16.3. The molecule has 0 spiro atoms. The van der Waals surface area contributed by atoms with Gasteiger partial charge >= 0.3 is 0 Å². The number of aliphatic hydroxyl groups is 1. The number of anilines is 1. The average Bonchev–Trinajstić information content (AvgIpc) is 2.51. The Kier molecular flexibility index (Phi) is 5.93. The molecule has 1 amide bonds. The molecule has 0 bridgehead atoms. The van der Waals surface area contributed by atoms with Crippen molar-refractivity contribution in [2.75, 3.05) is 24.6 Å². The maximum Gasteiger partial charge on any atom is 0.225 e. The summed E-state index contributed by atoms with van der Waals surface area (Å²) >= 11 is 0. The van der Waals surface area contributed by atoms with Crippen LogP contribution < -0.4 is 10.2 Å². The smallest absolute Gasteiger partial charge is 0.225 e. The van der Waals surface area contributed by atoms with Gasteiger partial charge < -0.3 is 15.3 Å². The Morgan fingerprint density at radius 2 is 2.04 bits per heavy atom. The van der Waals surface area contributed by atoms with E-state index >= 15 is 0 Å². The minimum absolute atomic E-state index is 0.0202. The van der Waals surface area contributed by atoms with Gasteiger partial charge in [0.2, 0.25) is 11.9 Å². The number of aliphatic hydroxyl groups excluding tert-OH is 1. The highest BCUT2D eigenvalue weighted by molar-refractivity contribution is 5.79. The van der Waals surface area contributed by atoms with E-state index in [4.69, 9.17) is 0 Å². The van der Waals surface area contributed by atoms with E-state index in [0.29, 0.717) is 12.5 Å². The molecule has 23 heavy (non-hydrogen) atoms. The van der Waals surface area contributed by atoms with Gasteiger partial charge in [0.15, 0.2) is 0 Å². The molecule has 0 aromatic carbocycles. The van der Waals surface area contributed by atoms with Crippen LogP contribution >= 0.6 is 0 Å². The van der Waals surface area contributed by atoms with Gasteiger partial charge in [-0.2, -0.15) is 0 Å². The summed E-state index contributed by atoms with van der Waals surface area (Å²) in [6.07, 6.45) is 1.81. The number of amides is 1. The second-order valence-corrected chi connectivity index (χ2v) is 6.78. The van der Waals surface area contributed by atoms with Crippen LogP contribution in [0.2, 0.25) is 0 Å². The lowest BCUT2D eigenvalue weighted by molar-refractivity contribution is -0.126. The summed E-state index contributed by atoms with van der Waals surface area (Å²) in [7, 11) is 0. The normalized spacial score (nSPS) is 19.7. The average molecular weight is 320 g/mol. The van der Waals surface area contributed by atoms with Crippen LogP contribution in [0.1, 0.15) is 38.1 Å². The van der Waals surface area contributed by atoms with E-state index in [0.717, 1.165) is 30.8 Å². The minimum Gasteiger partial charge on any atom is -0.394 e. The number of carbonyl (C=O) groups is 1. The molecule has 1 fully saturated rings. The highest BCUT2D eigenvalue weighted by Crippen LogP contribution is 2.21. The van der Waals surface area contributed by atoms with Crippen molar-refractivity contribution in [1.29, 1.82) is 0 Å². The zero-order valence-electron chi connectivity index (χ0n) is 14.5. The van der Waals surface area contributed by atoms with Crippen LogP contribution in [-0.2, 0) is 4.79 Å². The number of rotatable bonds is 5. The van der Waals surface area contributed by atoms with Gasteiger partial charge in [-0.3, -0.25) is 4.79 Å². The maximum atomic E-state index is 12.5. The van der Waals surface area contributed by atoms with Gasteiger partial charge in [0.05, 0.1) is 18.6 Å². The largest absolute Gasteiger partial charge is 0.394 e. The summed E-state index contributed by atoms with van der Waals surface area (Å²) in [5, 5.41) is 12.4. The Labute approximate surface area is 138 Å². The lowest BCUT2D eigenvalue weighted by Crippen LogP contribution is -2.48. The van der Waals surface area contributed by atoms with E-state index in [1.807, 2.05) is 33.8 Å². The second-order valence-electron chi connectivity index (χ2n) is 6.78. The van der Waals surface area contributed by atoms with Crippen molar-refractivity contribution in [3.05, 3.63) is 17.5 Å². The second kappa shape index (κ2) is 7.73. The van der Waals surface area contributed by atoms with Crippen LogP contribution in [0.15, 0.2) is 6.07 Å². The summed E-state index contributed by atoms with van der Waals surface area (Å²) in [6, 6.07) is 1.77. The summed E-state index contributed by atoms with van der Waals surface area (Å²) < 4.78 is 0. The molecule has 1 aliphatic rings. The molecule has 1 unspecified atom stereocenters. The standard InChI is InChI=1S/C17H28N4O2/c1-11(2)15(10-22)20-16(23)14-6-5-7-21(9-14)17-18-12(3)8-13(4)19-17/h8,11,14-15,22H,5-7,9-10H2,1-4H3,(H,20,23)/t14?,15-/m1/s1. The Bertz CT molecular complexity index is 527. The van der Waals surface area contributed by atoms with E-state index in [1.165, 1.54) is 0 Å². The first-order valence-corrected chi connectivity index (χ1v) is 8.39. The molecule has 2 N–H and O–H groups in total. The predicted molar refractivity (Wildman–Crippen MR) is 90.3 cm³/mol. The number of aryl methyl sites for hydroxylation is 2. The van der Waals surface area contributed by atoms with Gasteiger partial charge in [-0.1, -0.05) is 13.8 Å². The van der Waals surface area contributed by atoms with Crippen molar-refractivity contribution in [2.45, 2.75) is 46.6 Å². The molecule has 2 rings (SSSR count). The molecule has 2 heterocycles. The van der Waals surface area contributed by atoms with Crippen LogP contribution in [0.25, 0.3) is 0 Å². The van der Waals surface area contributed by atoms with Crippen LogP contribution in [0.5, 0.6) is 0 Å². The molecule has 1 aliphatic heterocycles. The monoisotopic (exact) mass is 320 g/mol. The third-order valence-electron chi connectivity index (χ3n) is 4.37. The fourth-order valence-electron chi connectivity index (χ4n) is 2.95. The summed E-state index contributed by atoms with van der Waals surface area (Å²) in [4.78, 5) is 23.6. The Balaban J connectivity index is 2.04. The van der Waals surface area contributed by atoms with Crippen molar-refractivity contribution in [1.82, 2.24) is 15.3 Å². The Morgan fingerprint density at radius 3 is 2.61 bits per heavy atom. The lowest BCUT2D eigenvalue weighted by atomic mass is 9.96. The van der Waals surface area contributed by atoms with Gasteiger partial charge in [0.25, 0.3) is 0 Å². The van der Waals surface area contributed by atoms with Gasteiger partial charge in [-0.15, -0.1) is 0 Å². The Hall–Kier alpha value is -1.69. The number of piperidine rings is 1. The molecule has 128 valence electrons. The maximum absolute atomic E-state index is 12.5.